The van der Waals surface area contributed by atoms with Crippen LogP contribution in [0.5, 0.6) is 0 Å². The number of fused-ring (bicyclic) bond motifs is 1. The summed E-state index contributed by atoms with van der Waals surface area (Å²) in [6, 6.07) is 6.62. The number of nitrogens with zero attached hydrogens (tertiary/aromatic N) is 2. The Morgan fingerprint density at radius 2 is 2.04 bits per heavy atom. The fourth-order valence-electron chi connectivity index (χ4n) is 3.70. The number of hydrazine groups is 1. The van der Waals surface area contributed by atoms with E-state index in [1.807, 2.05) is 36.3 Å². The molecule has 2 unspecified atom stereocenters. The summed E-state index contributed by atoms with van der Waals surface area (Å²) in [5.41, 5.74) is 6.62. The van der Waals surface area contributed by atoms with E-state index in [1.54, 1.807) is 12.1 Å². The van der Waals surface area contributed by atoms with Crippen molar-refractivity contribution in [2.75, 3.05) is 13.1 Å². The second-order valence-electron chi connectivity index (χ2n) is 7.12. The first-order valence-corrected chi connectivity index (χ1v) is 9.42. The number of amides is 1. The van der Waals surface area contributed by atoms with Crippen LogP contribution in [-0.4, -0.2) is 34.9 Å². The first kappa shape index (κ1) is 18.3. The van der Waals surface area contributed by atoms with E-state index < -0.39 is 0 Å². The minimum absolute atomic E-state index is 0.152. The van der Waals surface area contributed by atoms with Gasteiger partial charge in [-0.2, -0.15) is 0 Å². The van der Waals surface area contributed by atoms with E-state index in [4.69, 9.17) is 0 Å². The SMILES string of the molecule is CC1=CC(C)N(CCNC(=O)C2=C3C=CC=CN3C(c3ccc(F)cc3)N2)N1. The van der Waals surface area contributed by atoms with Gasteiger partial charge < -0.3 is 21.0 Å². The number of carbonyl (C=O) groups is 1. The molecule has 1 aromatic rings. The molecule has 0 bridgehead atoms. The molecule has 3 N–H and O–H groups in total. The van der Waals surface area contributed by atoms with Crippen LogP contribution in [-0.2, 0) is 4.79 Å². The van der Waals surface area contributed by atoms with Gasteiger partial charge in [-0.15, -0.1) is 0 Å². The van der Waals surface area contributed by atoms with Crippen molar-refractivity contribution in [2.45, 2.75) is 26.1 Å². The van der Waals surface area contributed by atoms with E-state index in [-0.39, 0.29) is 17.9 Å². The number of hydrogen-bond acceptors (Lipinski definition) is 5. The van der Waals surface area contributed by atoms with Crippen molar-refractivity contribution in [1.82, 2.24) is 26.0 Å². The van der Waals surface area contributed by atoms with Crippen LogP contribution in [0.3, 0.4) is 0 Å². The number of rotatable bonds is 5. The summed E-state index contributed by atoms with van der Waals surface area (Å²) in [6.45, 7) is 5.36. The predicted octanol–water partition coefficient (Wildman–Crippen LogP) is 2.25. The number of allylic oxidation sites excluding steroid dienone is 4. The van der Waals surface area contributed by atoms with Crippen molar-refractivity contribution in [3.63, 3.8) is 0 Å². The molecule has 0 saturated heterocycles. The van der Waals surface area contributed by atoms with E-state index >= 15 is 0 Å². The van der Waals surface area contributed by atoms with Gasteiger partial charge in [0.05, 0.1) is 5.70 Å². The van der Waals surface area contributed by atoms with Crippen molar-refractivity contribution < 1.29 is 9.18 Å². The van der Waals surface area contributed by atoms with Gasteiger partial charge in [0.15, 0.2) is 0 Å². The average Bonchev–Trinajstić information content (AvgIpc) is 3.22. The Bertz CT molecular complexity index is 887. The molecule has 3 heterocycles. The van der Waals surface area contributed by atoms with Crippen LogP contribution in [0.25, 0.3) is 0 Å². The van der Waals surface area contributed by atoms with Gasteiger partial charge in [0.1, 0.15) is 17.7 Å². The lowest BCUT2D eigenvalue weighted by atomic mass is 10.1. The Balaban J connectivity index is 1.43. The zero-order chi connectivity index (χ0) is 19.7. The molecule has 0 aliphatic carbocycles. The van der Waals surface area contributed by atoms with E-state index in [9.17, 15) is 9.18 Å². The molecule has 146 valence electrons. The molecular weight excluding hydrogens is 357 g/mol. The standard InChI is InChI=1S/C21H24FN5O/c1-14-13-15(2)27(25-14)12-10-23-21(28)19-18-5-3-4-11-26(18)20(24-19)16-6-8-17(22)9-7-16/h3-9,11,13,15,20,24-25H,10,12H2,1-2H3,(H,23,28). The smallest absolute Gasteiger partial charge is 0.269 e. The highest BCUT2D eigenvalue weighted by molar-refractivity contribution is 5.94. The molecule has 1 aromatic carbocycles. The van der Waals surface area contributed by atoms with Crippen molar-refractivity contribution in [3.05, 3.63) is 83.2 Å². The lowest BCUT2D eigenvalue weighted by Gasteiger charge is -2.26. The average molecular weight is 381 g/mol. The van der Waals surface area contributed by atoms with Crippen LogP contribution in [0, 0.1) is 5.82 Å². The summed E-state index contributed by atoms with van der Waals surface area (Å²) in [5.74, 6) is -0.433. The van der Waals surface area contributed by atoms with Gasteiger partial charge in [0, 0.05) is 31.0 Å². The molecule has 1 amide bonds. The predicted molar refractivity (Wildman–Crippen MR) is 105 cm³/mol. The largest absolute Gasteiger partial charge is 0.355 e. The summed E-state index contributed by atoms with van der Waals surface area (Å²) in [4.78, 5) is 14.8. The number of carbonyl (C=O) groups excluding carboxylic acids is 1. The van der Waals surface area contributed by atoms with Gasteiger partial charge in [-0.1, -0.05) is 18.2 Å². The molecule has 0 aromatic heterocycles. The maximum absolute atomic E-state index is 13.3. The Labute approximate surface area is 164 Å². The highest BCUT2D eigenvalue weighted by Gasteiger charge is 2.33. The summed E-state index contributed by atoms with van der Waals surface area (Å²) >= 11 is 0. The lowest BCUT2D eigenvalue weighted by Crippen LogP contribution is -2.43. The number of hydrogen-bond donors (Lipinski definition) is 3. The summed E-state index contributed by atoms with van der Waals surface area (Å²) in [5, 5.41) is 8.37. The summed E-state index contributed by atoms with van der Waals surface area (Å²) in [6.07, 6.45) is 9.54. The summed E-state index contributed by atoms with van der Waals surface area (Å²) < 4.78 is 13.3. The van der Waals surface area contributed by atoms with E-state index in [2.05, 4.69) is 34.1 Å². The first-order chi connectivity index (χ1) is 13.5. The van der Waals surface area contributed by atoms with Crippen molar-refractivity contribution in [1.29, 1.82) is 0 Å². The van der Waals surface area contributed by atoms with E-state index in [0.717, 1.165) is 17.0 Å². The maximum atomic E-state index is 13.3. The van der Waals surface area contributed by atoms with Gasteiger partial charge >= 0.3 is 0 Å². The molecular formula is C21H24FN5O. The molecule has 2 atom stereocenters. The summed E-state index contributed by atoms with van der Waals surface area (Å²) in [7, 11) is 0. The van der Waals surface area contributed by atoms with E-state index in [1.165, 1.54) is 12.1 Å². The fourth-order valence-corrected chi connectivity index (χ4v) is 3.70. The Morgan fingerprint density at radius 1 is 1.25 bits per heavy atom. The molecule has 3 aliphatic rings. The van der Waals surface area contributed by atoms with Crippen LogP contribution in [0.2, 0.25) is 0 Å². The maximum Gasteiger partial charge on any atom is 0.269 e. The Hall–Kier alpha value is -3.06. The third-order valence-corrected chi connectivity index (χ3v) is 5.06. The molecule has 3 aliphatic heterocycles. The molecule has 6 nitrogen and oxygen atoms in total. The topological polar surface area (TPSA) is 59.6 Å². The van der Waals surface area contributed by atoms with Crippen LogP contribution in [0.15, 0.2) is 71.9 Å². The molecule has 28 heavy (non-hydrogen) atoms. The minimum Gasteiger partial charge on any atom is -0.355 e. The zero-order valence-corrected chi connectivity index (χ0v) is 15.9. The van der Waals surface area contributed by atoms with Gasteiger partial charge in [-0.05, 0) is 49.8 Å². The van der Waals surface area contributed by atoms with Crippen LogP contribution in [0.1, 0.15) is 25.6 Å². The normalized spacial score (nSPS) is 23.4. The lowest BCUT2D eigenvalue weighted by molar-refractivity contribution is -0.117. The van der Waals surface area contributed by atoms with Gasteiger partial charge in [-0.3, -0.25) is 4.79 Å². The van der Waals surface area contributed by atoms with Gasteiger partial charge in [0.25, 0.3) is 5.91 Å². The van der Waals surface area contributed by atoms with Crippen LogP contribution < -0.4 is 16.1 Å². The quantitative estimate of drug-likeness (QED) is 0.730. The number of benzene rings is 1. The molecule has 4 rings (SSSR count). The first-order valence-electron chi connectivity index (χ1n) is 9.42. The molecule has 0 radical (unpaired) electrons. The second kappa shape index (κ2) is 7.52. The van der Waals surface area contributed by atoms with Crippen molar-refractivity contribution >= 4 is 5.91 Å². The zero-order valence-electron chi connectivity index (χ0n) is 15.9. The van der Waals surface area contributed by atoms with Crippen LogP contribution >= 0.6 is 0 Å². The third kappa shape index (κ3) is 3.53. The molecule has 7 heteroatoms. The third-order valence-electron chi connectivity index (χ3n) is 5.06. The molecule has 0 spiro atoms. The minimum atomic E-state index is -0.281. The van der Waals surface area contributed by atoms with Crippen molar-refractivity contribution in [2.24, 2.45) is 0 Å². The number of nitrogens with one attached hydrogen (secondary N) is 3. The molecule has 0 fully saturated rings. The van der Waals surface area contributed by atoms with E-state index in [0.29, 0.717) is 24.8 Å². The Kier molecular flexibility index (Phi) is 4.92. The van der Waals surface area contributed by atoms with Gasteiger partial charge in [-0.25, -0.2) is 9.40 Å². The van der Waals surface area contributed by atoms with Gasteiger partial charge in [0.2, 0.25) is 0 Å². The molecule has 0 saturated carbocycles. The number of halogens is 1. The van der Waals surface area contributed by atoms with Crippen LogP contribution in [0.4, 0.5) is 4.39 Å². The van der Waals surface area contributed by atoms with Crippen molar-refractivity contribution in [3.8, 4) is 0 Å². The second-order valence-corrected chi connectivity index (χ2v) is 7.12. The highest BCUT2D eigenvalue weighted by atomic mass is 19.1. The fraction of sp³-hybridized carbons (Fsp3) is 0.286. The monoisotopic (exact) mass is 381 g/mol. The Morgan fingerprint density at radius 3 is 2.75 bits per heavy atom. The highest BCUT2D eigenvalue weighted by Crippen LogP contribution is 2.33.